The highest BCUT2D eigenvalue weighted by molar-refractivity contribution is 6.08. The van der Waals surface area contributed by atoms with Crippen molar-refractivity contribution in [2.45, 2.75) is 44.9 Å². The summed E-state index contributed by atoms with van der Waals surface area (Å²) in [6, 6.07) is 38.0. The third-order valence-corrected chi connectivity index (χ3v) is 9.16. The first-order valence-electron chi connectivity index (χ1n) is 16.7. The number of hydrogen-bond donors (Lipinski definition) is 0. The van der Waals surface area contributed by atoms with Crippen LogP contribution in [0.4, 0.5) is 0 Å². The quantitative estimate of drug-likeness (QED) is 0.126. The Hall–Kier alpha value is -5.36. The molecular weight excluding hydrogens is 580 g/mol. The summed E-state index contributed by atoms with van der Waals surface area (Å²) < 4.78 is 0. The van der Waals surface area contributed by atoms with Crippen molar-refractivity contribution in [1.29, 1.82) is 0 Å². The number of benzene rings is 4. The first-order chi connectivity index (χ1) is 23.3. The number of nitrogens with zero attached hydrogens (tertiary/aromatic N) is 4. The van der Waals surface area contributed by atoms with Gasteiger partial charge in [-0.15, -0.1) is 0 Å². The maximum atomic E-state index is 5.86. The zero-order valence-electron chi connectivity index (χ0n) is 26.4. The van der Waals surface area contributed by atoms with Gasteiger partial charge >= 0.3 is 0 Å². The van der Waals surface area contributed by atoms with E-state index in [9.17, 15) is 0 Å². The molecule has 2 aliphatic rings. The molecule has 0 unspecified atom stereocenters. The van der Waals surface area contributed by atoms with Crippen LogP contribution in [0.25, 0.3) is 44.1 Å². The molecule has 47 heavy (non-hydrogen) atoms. The molecule has 6 aromatic rings. The van der Waals surface area contributed by atoms with Crippen LogP contribution >= 0.6 is 0 Å². The van der Waals surface area contributed by atoms with Crippen LogP contribution < -0.4 is 0 Å². The van der Waals surface area contributed by atoms with Gasteiger partial charge in [0, 0.05) is 17.2 Å². The van der Waals surface area contributed by atoms with Crippen LogP contribution in [0, 0.1) is 0 Å². The zero-order valence-corrected chi connectivity index (χ0v) is 26.4. The summed E-state index contributed by atoms with van der Waals surface area (Å²) in [6.45, 7) is 0.890. The van der Waals surface area contributed by atoms with Crippen LogP contribution in [0.1, 0.15) is 54.6 Å². The molecule has 6 nitrogen and oxygen atoms in total. The van der Waals surface area contributed by atoms with Crippen molar-refractivity contribution in [3.8, 4) is 22.3 Å². The molecule has 2 aromatic heterocycles. The average Bonchev–Trinajstić information content (AvgIpc) is 3.13. The van der Waals surface area contributed by atoms with Gasteiger partial charge in [-0.1, -0.05) is 107 Å². The summed E-state index contributed by atoms with van der Waals surface area (Å²) >= 11 is 0. The first kappa shape index (κ1) is 29.1. The first-order valence-corrected chi connectivity index (χ1v) is 16.7. The van der Waals surface area contributed by atoms with Gasteiger partial charge < -0.3 is 9.68 Å². The van der Waals surface area contributed by atoms with Crippen LogP contribution in [-0.2, 0) is 22.5 Å². The average molecular weight is 617 g/mol. The lowest BCUT2D eigenvalue weighted by molar-refractivity contribution is 0.0894. The zero-order chi connectivity index (χ0) is 31.4. The lowest BCUT2D eigenvalue weighted by Gasteiger charge is -2.22. The molecule has 6 heteroatoms. The molecule has 0 saturated carbocycles. The summed E-state index contributed by atoms with van der Waals surface area (Å²) in [5.74, 6) is 0. The van der Waals surface area contributed by atoms with Crippen LogP contribution in [0.2, 0.25) is 0 Å². The number of aromatic nitrogens is 2. The summed E-state index contributed by atoms with van der Waals surface area (Å²) in [5.41, 5.74) is 13.2. The molecular formula is C41H36N4O2. The van der Waals surface area contributed by atoms with Crippen molar-refractivity contribution >= 4 is 33.2 Å². The van der Waals surface area contributed by atoms with Crippen molar-refractivity contribution in [2.75, 3.05) is 13.2 Å². The van der Waals surface area contributed by atoms with Gasteiger partial charge in [-0.05, 0) is 84.0 Å². The molecule has 232 valence electrons. The Morgan fingerprint density at radius 3 is 1.38 bits per heavy atom. The predicted molar refractivity (Wildman–Crippen MR) is 190 cm³/mol. The minimum atomic E-state index is 0.445. The minimum absolute atomic E-state index is 0.445. The summed E-state index contributed by atoms with van der Waals surface area (Å²) in [6.07, 6.45) is 6.37. The fraction of sp³-hybridized carbons (Fsp3) is 0.220. The van der Waals surface area contributed by atoms with Crippen molar-refractivity contribution < 1.29 is 9.68 Å². The van der Waals surface area contributed by atoms with Gasteiger partial charge in [-0.2, -0.15) is 0 Å². The lowest BCUT2D eigenvalue weighted by Crippen LogP contribution is -2.17. The highest BCUT2D eigenvalue weighted by atomic mass is 16.6. The molecule has 2 heterocycles. The fourth-order valence-electron chi connectivity index (χ4n) is 7.05. The molecule has 0 atom stereocenters. The second-order valence-corrected chi connectivity index (χ2v) is 12.2. The van der Waals surface area contributed by atoms with E-state index in [1.807, 2.05) is 12.1 Å². The van der Waals surface area contributed by atoms with Gasteiger partial charge in [0.1, 0.15) is 24.6 Å². The number of oxime groups is 2. The van der Waals surface area contributed by atoms with E-state index >= 15 is 0 Å². The Bertz CT molecular complexity index is 1970. The topological polar surface area (TPSA) is 69.0 Å². The van der Waals surface area contributed by atoms with E-state index in [1.165, 1.54) is 44.2 Å². The standard InChI is InChI=1S/C41H36N4O2/c1-3-14-28(15-4-1)38-30-18-7-9-22-34(30)42-40-32(38)20-11-24-36(40)44-46-26-13-27-47-45-37-25-12-21-33-39(29-16-5-2-6-17-29)31-19-8-10-23-35(31)43-41(33)37/h1-10,14-19,22-23H,11-13,20-21,24-27H2. The molecule has 8 rings (SSSR count). The van der Waals surface area contributed by atoms with Gasteiger partial charge in [-0.3, -0.25) is 0 Å². The monoisotopic (exact) mass is 616 g/mol. The smallest absolute Gasteiger partial charge is 0.120 e. The molecule has 0 radical (unpaired) electrons. The van der Waals surface area contributed by atoms with Gasteiger partial charge in [0.15, 0.2) is 0 Å². The Morgan fingerprint density at radius 2 is 0.915 bits per heavy atom. The van der Waals surface area contributed by atoms with Crippen LogP contribution in [0.15, 0.2) is 120 Å². The van der Waals surface area contributed by atoms with Crippen molar-refractivity contribution in [2.24, 2.45) is 10.3 Å². The maximum Gasteiger partial charge on any atom is 0.120 e. The third kappa shape index (κ3) is 5.76. The van der Waals surface area contributed by atoms with Crippen molar-refractivity contribution in [3.63, 3.8) is 0 Å². The van der Waals surface area contributed by atoms with E-state index in [1.54, 1.807) is 0 Å². The second-order valence-electron chi connectivity index (χ2n) is 12.2. The van der Waals surface area contributed by atoms with E-state index in [0.29, 0.717) is 19.6 Å². The molecule has 0 aliphatic heterocycles. The Morgan fingerprint density at radius 1 is 0.489 bits per heavy atom. The molecule has 0 bridgehead atoms. The number of rotatable bonds is 8. The van der Waals surface area contributed by atoms with Gasteiger partial charge in [0.2, 0.25) is 0 Å². The van der Waals surface area contributed by atoms with E-state index in [0.717, 1.165) is 72.4 Å². The minimum Gasteiger partial charge on any atom is -0.395 e. The summed E-state index contributed by atoms with van der Waals surface area (Å²) in [7, 11) is 0. The fourth-order valence-corrected chi connectivity index (χ4v) is 7.05. The molecule has 0 spiro atoms. The summed E-state index contributed by atoms with van der Waals surface area (Å²) in [4.78, 5) is 21.8. The molecule has 0 N–H and O–H groups in total. The van der Waals surface area contributed by atoms with Crippen LogP contribution in [0.3, 0.4) is 0 Å². The van der Waals surface area contributed by atoms with Gasteiger partial charge in [0.05, 0.1) is 22.4 Å². The van der Waals surface area contributed by atoms with Crippen molar-refractivity contribution in [3.05, 3.63) is 132 Å². The summed E-state index contributed by atoms with van der Waals surface area (Å²) in [5, 5.41) is 11.6. The van der Waals surface area contributed by atoms with Crippen LogP contribution in [-0.4, -0.2) is 34.6 Å². The highest BCUT2D eigenvalue weighted by Crippen LogP contribution is 2.38. The number of pyridine rings is 2. The molecule has 2 aliphatic carbocycles. The van der Waals surface area contributed by atoms with Gasteiger partial charge in [0.25, 0.3) is 0 Å². The van der Waals surface area contributed by atoms with Crippen LogP contribution in [0.5, 0.6) is 0 Å². The normalized spacial score (nSPS) is 15.9. The molecule has 0 saturated heterocycles. The second kappa shape index (κ2) is 13.2. The number of fused-ring (bicyclic) bond motifs is 4. The Balaban J connectivity index is 0.970. The van der Waals surface area contributed by atoms with E-state index in [4.69, 9.17) is 19.6 Å². The Labute approximate surface area is 274 Å². The Kier molecular flexibility index (Phi) is 8.14. The van der Waals surface area contributed by atoms with E-state index in [-0.39, 0.29) is 0 Å². The highest BCUT2D eigenvalue weighted by Gasteiger charge is 2.25. The predicted octanol–water partition coefficient (Wildman–Crippen LogP) is 9.32. The number of hydrogen-bond acceptors (Lipinski definition) is 6. The SMILES string of the molecule is c1ccc(-c2c3c(nc4ccccc24)C(=NOCCCON=C2CCCc4c2nc2ccccc2c4-c2ccccc2)CCC3)cc1. The molecule has 0 fully saturated rings. The third-order valence-electron chi connectivity index (χ3n) is 9.16. The van der Waals surface area contributed by atoms with Crippen molar-refractivity contribution in [1.82, 2.24) is 9.97 Å². The van der Waals surface area contributed by atoms with E-state index in [2.05, 4.69) is 107 Å². The molecule has 4 aromatic carbocycles. The maximum absolute atomic E-state index is 5.86. The largest absolute Gasteiger partial charge is 0.395 e. The lowest BCUT2D eigenvalue weighted by atomic mass is 9.86. The number of para-hydroxylation sites is 2. The van der Waals surface area contributed by atoms with Gasteiger partial charge in [-0.25, -0.2) is 9.97 Å². The van der Waals surface area contributed by atoms with E-state index < -0.39 is 0 Å². The molecule has 0 amide bonds.